The molecule has 6 heteroatoms. The van der Waals surface area contributed by atoms with E-state index in [4.69, 9.17) is 15.2 Å². The van der Waals surface area contributed by atoms with Gasteiger partial charge in [-0.2, -0.15) is 0 Å². The Morgan fingerprint density at radius 2 is 1.95 bits per heavy atom. The van der Waals surface area contributed by atoms with Crippen molar-refractivity contribution in [3.63, 3.8) is 0 Å². The summed E-state index contributed by atoms with van der Waals surface area (Å²) in [4.78, 5) is 0. The van der Waals surface area contributed by atoms with E-state index in [1.165, 1.54) is 25.3 Å². The first-order valence-corrected chi connectivity index (χ1v) is 6.50. The van der Waals surface area contributed by atoms with Crippen LogP contribution in [0.2, 0.25) is 0 Å². The lowest BCUT2D eigenvalue weighted by atomic mass is 10.2. The number of anilines is 1. The zero-order valence-electron chi connectivity index (χ0n) is 10.6. The van der Waals surface area contributed by atoms with E-state index in [0.29, 0.717) is 15.8 Å². The molecule has 0 bridgehead atoms. The van der Waals surface area contributed by atoms with Gasteiger partial charge in [-0.3, -0.25) is 0 Å². The van der Waals surface area contributed by atoms with Crippen LogP contribution in [0.3, 0.4) is 0 Å². The van der Waals surface area contributed by atoms with Gasteiger partial charge in [0.15, 0.2) is 17.3 Å². The second kappa shape index (κ2) is 6.09. The Morgan fingerprint density at radius 1 is 1.20 bits per heavy atom. The van der Waals surface area contributed by atoms with Crippen molar-refractivity contribution < 1.29 is 18.3 Å². The molecule has 20 heavy (non-hydrogen) atoms. The third-order valence-electron chi connectivity index (χ3n) is 2.64. The third-order valence-corrected chi connectivity index (χ3v) is 3.23. The third kappa shape index (κ3) is 3.19. The molecule has 3 nitrogen and oxygen atoms in total. The molecule has 0 aliphatic heterocycles. The van der Waals surface area contributed by atoms with Crippen LogP contribution in [0.4, 0.5) is 14.5 Å². The van der Waals surface area contributed by atoms with E-state index in [9.17, 15) is 8.78 Å². The molecule has 0 aliphatic carbocycles. The second-order valence-corrected chi connectivity index (χ2v) is 4.92. The molecular formula is C14H12BrF2NO2. The summed E-state index contributed by atoms with van der Waals surface area (Å²) in [5.74, 6) is -0.448. The van der Waals surface area contributed by atoms with Crippen molar-refractivity contribution in [1.82, 2.24) is 0 Å². The van der Waals surface area contributed by atoms with E-state index < -0.39 is 11.6 Å². The quantitative estimate of drug-likeness (QED) is 0.856. The highest BCUT2D eigenvalue weighted by atomic mass is 79.9. The lowest BCUT2D eigenvalue weighted by Crippen LogP contribution is -2.01. The van der Waals surface area contributed by atoms with Gasteiger partial charge in [0.1, 0.15) is 12.4 Å². The van der Waals surface area contributed by atoms with Crippen LogP contribution in [0.25, 0.3) is 0 Å². The summed E-state index contributed by atoms with van der Waals surface area (Å²) in [5.41, 5.74) is 6.46. The van der Waals surface area contributed by atoms with Crippen LogP contribution in [-0.2, 0) is 6.61 Å². The van der Waals surface area contributed by atoms with E-state index in [1.807, 2.05) is 0 Å². The molecule has 0 atom stereocenters. The van der Waals surface area contributed by atoms with Crippen LogP contribution in [0, 0.1) is 11.6 Å². The zero-order chi connectivity index (χ0) is 14.7. The predicted octanol–water partition coefficient (Wildman–Crippen LogP) is 3.90. The van der Waals surface area contributed by atoms with Crippen molar-refractivity contribution in [1.29, 1.82) is 0 Å². The molecule has 0 amide bonds. The van der Waals surface area contributed by atoms with Crippen molar-refractivity contribution in [2.75, 3.05) is 12.8 Å². The number of hydrogen-bond donors (Lipinski definition) is 1. The number of hydrogen-bond acceptors (Lipinski definition) is 3. The van der Waals surface area contributed by atoms with E-state index >= 15 is 0 Å². The molecule has 0 heterocycles. The fourth-order valence-electron chi connectivity index (χ4n) is 1.69. The zero-order valence-corrected chi connectivity index (χ0v) is 12.2. The number of benzene rings is 2. The first-order chi connectivity index (χ1) is 9.51. The molecule has 0 unspecified atom stereocenters. The van der Waals surface area contributed by atoms with Gasteiger partial charge in [0.25, 0.3) is 0 Å². The van der Waals surface area contributed by atoms with Gasteiger partial charge in [0.2, 0.25) is 0 Å². The molecule has 0 spiro atoms. The van der Waals surface area contributed by atoms with E-state index in [1.54, 1.807) is 6.07 Å². The molecule has 0 saturated heterocycles. The first-order valence-electron chi connectivity index (χ1n) is 5.71. The van der Waals surface area contributed by atoms with Gasteiger partial charge in [0.05, 0.1) is 17.3 Å². The summed E-state index contributed by atoms with van der Waals surface area (Å²) >= 11 is 3.17. The van der Waals surface area contributed by atoms with E-state index in [-0.39, 0.29) is 18.0 Å². The summed E-state index contributed by atoms with van der Waals surface area (Å²) in [6.07, 6.45) is 0. The van der Waals surface area contributed by atoms with Crippen molar-refractivity contribution in [3.8, 4) is 11.5 Å². The minimum Gasteiger partial charge on any atom is -0.494 e. The molecular weight excluding hydrogens is 332 g/mol. The molecule has 0 aromatic heterocycles. The van der Waals surface area contributed by atoms with Crippen LogP contribution in [0.15, 0.2) is 34.8 Å². The van der Waals surface area contributed by atoms with Crippen molar-refractivity contribution in [2.24, 2.45) is 0 Å². The fraction of sp³-hybridized carbons (Fsp3) is 0.143. The van der Waals surface area contributed by atoms with Crippen LogP contribution < -0.4 is 15.2 Å². The first kappa shape index (κ1) is 14.6. The number of rotatable bonds is 4. The van der Waals surface area contributed by atoms with Gasteiger partial charge in [-0.25, -0.2) is 8.78 Å². The molecule has 2 aromatic rings. The standard InChI is InChI=1S/C14H12BrF2NO2/c1-19-13-3-2-8(4-11(13)17)7-20-14-10(15)5-9(16)6-12(14)18/h2-6H,7,18H2,1H3. The molecule has 0 radical (unpaired) electrons. The maximum atomic E-state index is 13.5. The Morgan fingerprint density at radius 3 is 2.55 bits per heavy atom. The summed E-state index contributed by atoms with van der Waals surface area (Å²) in [6, 6.07) is 6.91. The Kier molecular flexibility index (Phi) is 4.44. The topological polar surface area (TPSA) is 44.5 Å². The molecule has 0 saturated carbocycles. The maximum absolute atomic E-state index is 13.5. The van der Waals surface area contributed by atoms with Gasteiger partial charge in [-0.05, 0) is 39.7 Å². The number of nitrogen functional groups attached to an aromatic ring is 1. The molecule has 2 N–H and O–H groups in total. The highest BCUT2D eigenvalue weighted by Gasteiger charge is 2.10. The molecule has 2 rings (SSSR count). The fourth-order valence-corrected chi connectivity index (χ4v) is 2.25. The maximum Gasteiger partial charge on any atom is 0.165 e. The Hall–Kier alpha value is -1.82. The average Bonchev–Trinajstić information content (AvgIpc) is 2.37. The monoisotopic (exact) mass is 343 g/mol. The number of nitrogens with two attached hydrogens (primary N) is 1. The van der Waals surface area contributed by atoms with Crippen molar-refractivity contribution in [3.05, 3.63) is 52.0 Å². The Labute approximate surface area is 123 Å². The molecule has 106 valence electrons. The molecule has 0 fully saturated rings. The van der Waals surface area contributed by atoms with Crippen LogP contribution in [-0.4, -0.2) is 7.11 Å². The van der Waals surface area contributed by atoms with Gasteiger partial charge >= 0.3 is 0 Å². The van der Waals surface area contributed by atoms with E-state index in [0.717, 1.165) is 6.07 Å². The Balaban J connectivity index is 2.15. The van der Waals surface area contributed by atoms with Gasteiger partial charge < -0.3 is 15.2 Å². The molecule has 2 aromatic carbocycles. The van der Waals surface area contributed by atoms with Gasteiger partial charge in [0, 0.05) is 6.07 Å². The minimum absolute atomic E-state index is 0.106. The number of methoxy groups -OCH3 is 1. The van der Waals surface area contributed by atoms with Gasteiger partial charge in [-0.1, -0.05) is 6.07 Å². The SMILES string of the molecule is COc1ccc(COc2c(N)cc(F)cc2Br)cc1F. The van der Waals surface area contributed by atoms with Crippen LogP contribution in [0.5, 0.6) is 11.5 Å². The average molecular weight is 344 g/mol. The Bertz CT molecular complexity index is 612. The lowest BCUT2D eigenvalue weighted by molar-refractivity contribution is 0.304. The highest BCUT2D eigenvalue weighted by molar-refractivity contribution is 9.10. The highest BCUT2D eigenvalue weighted by Crippen LogP contribution is 2.33. The largest absolute Gasteiger partial charge is 0.494 e. The van der Waals surface area contributed by atoms with Crippen molar-refractivity contribution in [2.45, 2.75) is 6.61 Å². The summed E-state index contributed by atoms with van der Waals surface area (Å²) < 4.78 is 37.3. The van der Waals surface area contributed by atoms with Crippen LogP contribution >= 0.6 is 15.9 Å². The summed E-state index contributed by atoms with van der Waals surface area (Å²) in [5, 5.41) is 0. The normalized spacial score (nSPS) is 10.4. The van der Waals surface area contributed by atoms with Crippen LogP contribution in [0.1, 0.15) is 5.56 Å². The second-order valence-electron chi connectivity index (χ2n) is 4.06. The summed E-state index contributed by atoms with van der Waals surface area (Å²) in [6.45, 7) is 0.106. The van der Waals surface area contributed by atoms with E-state index in [2.05, 4.69) is 15.9 Å². The minimum atomic E-state index is -0.472. The van der Waals surface area contributed by atoms with Crippen molar-refractivity contribution >= 4 is 21.6 Å². The smallest absolute Gasteiger partial charge is 0.165 e. The number of ether oxygens (including phenoxy) is 2. The van der Waals surface area contributed by atoms with Gasteiger partial charge in [-0.15, -0.1) is 0 Å². The summed E-state index contributed by atoms with van der Waals surface area (Å²) in [7, 11) is 1.39. The predicted molar refractivity (Wildman–Crippen MR) is 75.8 cm³/mol. The molecule has 0 aliphatic rings. The lowest BCUT2D eigenvalue weighted by Gasteiger charge is -2.11. The number of halogens is 3.